The largest absolute Gasteiger partial charge is 0.420 e. The van der Waals surface area contributed by atoms with E-state index in [-0.39, 0.29) is 0 Å². The predicted molar refractivity (Wildman–Crippen MR) is 50.1 cm³/mol. The zero-order valence-electron chi connectivity index (χ0n) is 8.99. The van der Waals surface area contributed by atoms with Crippen molar-refractivity contribution in [1.82, 2.24) is 0 Å². The molecule has 0 aromatic heterocycles. The normalized spacial score (nSPS) is 10.9. The van der Waals surface area contributed by atoms with Crippen LogP contribution in [0.1, 0.15) is 22.3 Å². The zero-order chi connectivity index (χ0) is 14.1. The molecule has 0 fully saturated rings. The minimum absolute atomic E-state index is 0.614. The molecule has 0 N–H and O–H groups in total. The van der Waals surface area contributed by atoms with E-state index in [0.717, 1.165) is 13.0 Å². The molecular weight excluding hydrogens is 255 g/mol. The number of nitrogens with zero attached hydrogens (tertiary/aromatic N) is 2. The van der Waals surface area contributed by atoms with Crippen LogP contribution in [0, 0.1) is 41.2 Å². The van der Waals surface area contributed by atoms with Gasteiger partial charge in [0, 0.05) is 11.1 Å². The Hall–Kier alpha value is -2.15. The third kappa shape index (κ3) is 2.12. The molecule has 0 saturated carbocycles. The van der Waals surface area contributed by atoms with Crippen LogP contribution in [0.3, 0.4) is 0 Å². The van der Waals surface area contributed by atoms with Crippen LogP contribution in [0.25, 0.3) is 0 Å². The molecule has 0 amide bonds. The van der Waals surface area contributed by atoms with Crippen molar-refractivity contribution < 1.29 is 22.0 Å². The number of hydrogen-bond donors (Lipinski definition) is 0. The summed E-state index contributed by atoms with van der Waals surface area (Å²) < 4.78 is 65.0. The number of benzene rings is 1. The van der Waals surface area contributed by atoms with Gasteiger partial charge < -0.3 is 0 Å². The van der Waals surface area contributed by atoms with Gasteiger partial charge in [0.25, 0.3) is 0 Å². The highest BCUT2D eigenvalue weighted by atomic mass is 19.4. The van der Waals surface area contributed by atoms with E-state index in [9.17, 15) is 22.0 Å². The minimum atomic E-state index is -5.13. The molecule has 0 unspecified atom stereocenters. The third-order valence-corrected chi connectivity index (χ3v) is 2.35. The van der Waals surface area contributed by atoms with Crippen molar-refractivity contribution in [2.45, 2.75) is 19.5 Å². The van der Waals surface area contributed by atoms with E-state index in [1.165, 1.54) is 6.07 Å². The second-order valence-electron chi connectivity index (χ2n) is 3.43. The number of nitriles is 2. The van der Waals surface area contributed by atoms with Crippen molar-refractivity contribution in [2.75, 3.05) is 0 Å². The molecule has 2 nitrogen and oxygen atoms in total. The highest BCUT2D eigenvalue weighted by Gasteiger charge is 2.40. The van der Waals surface area contributed by atoms with Gasteiger partial charge in [0.2, 0.25) is 0 Å². The molecule has 0 saturated heterocycles. The quantitative estimate of drug-likeness (QED) is 0.728. The summed E-state index contributed by atoms with van der Waals surface area (Å²) >= 11 is 0. The van der Waals surface area contributed by atoms with Gasteiger partial charge in [-0.3, -0.25) is 0 Å². The van der Waals surface area contributed by atoms with Gasteiger partial charge in [-0.1, -0.05) is 0 Å². The van der Waals surface area contributed by atoms with Crippen LogP contribution in [-0.4, -0.2) is 0 Å². The van der Waals surface area contributed by atoms with Crippen LogP contribution >= 0.6 is 0 Å². The van der Waals surface area contributed by atoms with Crippen molar-refractivity contribution in [3.63, 3.8) is 0 Å². The third-order valence-electron chi connectivity index (χ3n) is 2.35. The number of halogens is 5. The monoisotopic (exact) mass is 260 g/mol. The van der Waals surface area contributed by atoms with Crippen molar-refractivity contribution in [1.29, 1.82) is 10.5 Å². The van der Waals surface area contributed by atoms with Crippen LogP contribution in [0.15, 0.2) is 0 Å². The summed E-state index contributed by atoms with van der Waals surface area (Å²) in [5, 5.41) is 16.9. The molecule has 94 valence electrons. The topological polar surface area (TPSA) is 47.6 Å². The van der Waals surface area contributed by atoms with Crippen LogP contribution < -0.4 is 0 Å². The summed E-state index contributed by atoms with van der Waals surface area (Å²) in [6, 6.07) is 2.52. The summed E-state index contributed by atoms with van der Waals surface area (Å²) in [5.74, 6) is -3.19. The van der Waals surface area contributed by atoms with E-state index >= 15 is 0 Å². The van der Waals surface area contributed by atoms with Gasteiger partial charge in [-0.25, -0.2) is 8.78 Å². The molecule has 0 heterocycles. The smallest absolute Gasteiger partial charge is 0.206 e. The lowest BCUT2D eigenvalue weighted by molar-refractivity contribution is -0.140. The molecule has 0 aliphatic rings. The van der Waals surface area contributed by atoms with E-state index in [4.69, 9.17) is 10.5 Å². The fourth-order valence-electron chi connectivity index (χ4n) is 1.52. The van der Waals surface area contributed by atoms with E-state index < -0.39 is 46.5 Å². The Morgan fingerprint density at radius 1 is 1.11 bits per heavy atom. The zero-order valence-corrected chi connectivity index (χ0v) is 8.99. The maximum atomic E-state index is 13.6. The molecule has 1 aromatic rings. The van der Waals surface area contributed by atoms with E-state index in [1.54, 1.807) is 0 Å². The summed E-state index contributed by atoms with van der Waals surface area (Å²) in [5.41, 5.74) is -4.51. The van der Waals surface area contributed by atoms with Gasteiger partial charge in [-0.05, 0) is 6.92 Å². The van der Waals surface area contributed by atoms with E-state index in [2.05, 4.69) is 0 Å². The summed E-state index contributed by atoms with van der Waals surface area (Å²) in [6.45, 7) is 0.934. The van der Waals surface area contributed by atoms with E-state index in [0.29, 0.717) is 0 Å². The van der Waals surface area contributed by atoms with Crippen LogP contribution in [0.2, 0.25) is 0 Å². The van der Waals surface area contributed by atoms with Gasteiger partial charge in [-0.2, -0.15) is 23.7 Å². The highest BCUT2D eigenvalue weighted by Crippen LogP contribution is 2.37. The molecule has 7 heteroatoms. The number of alkyl halides is 3. The first-order chi connectivity index (χ1) is 8.25. The molecule has 0 aliphatic heterocycles. The van der Waals surface area contributed by atoms with Gasteiger partial charge in [0.1, 0.15) is 23.3 Å². The van der Waals surface area contributed by atoms with Crippen molar-refractivity contribution in [3.05, 3.63) is 33.9 Å². The Morgan fingerprint density at radius 2 is 1.67 bits per heavy atom. The molecule has 0 aliphatic carbocycles. The molecule has 1 aromatic carbocycles. The van der Waals surface area contributed by atoms with Crippen molar-refractivity contribution >= 4 is 0 Å². The van der Waals surface area contributed by atoms with Crippen LogP contribution in [-0.2, 0) is 12.6 Å². The Balaban J connectivity index is 3.82. The first-order valence-corrected chi connectivity index (χ1v) is 4.60. The number of hydrogen-bond acceptors (Lipinski definition) is 2. The van der Waals surface area contributed by atoms with Crippen LogP contribution in [0.4, 0.5) is 22.0 Å². The maximum absolute atomic E-state index is 13.6. The van der Waals surface area contributed by atoms with Gasteiger partial charge in [0.05, 0.1) is 18.1 Å². The second-order valence-corrected chi connectivity index (χ2v) is 3.43. The Labute approximate surface area is 98.9 Å². The molecule has 18 heavy (non-hydrogen) atoms. The Kier molecular flexibility index (Phi) is 3.57. The molecule has 0 radical (unpaired) electrons. The molecule has 1 rings (SSSR count). The molecule has 0 spiro atoms. The Bertz CT molecular complexity index is 575. The fraction of sp³-hybridized carbons (Fsp3) is 0.273. The molecular formula is C11H5F5N2. The lowest BCUT2D eigenvalue weighted by Crippen LogP contribution is -2.16. The minimum Gasteiger partial charge on any atom is -0.206 e. The lowest BCUT2D eigenvalue weighted by Gasteiger charge is -2.15. The fourth-order valence-corrected chi connectivity index (χ4v) is 1.52. The Morgan fingerprint density at radius 3 is 2.06 bits per heavy atom. The van der Waals surface area contributed by atoms with Gasteiger partial charge in [0.15, 0.2) is 0 Å². The van der Waals surface area contributed by atoms with Gasteiger partial charge >= 0.3 is 6.18 Å². The average molecular weight is 260 g/mol. The summed E-state index contributed by atoms with van der Waals surface area (Å²) in [4.78, 5) is 0. The number of rotatable bonds is 1. The standard InChI is InChI=1S/C11H5F5N2/c1-5-7(4-18)8(11(14,15)16)10(13)6(2-3-17)9(5)12/h2H2,1H3. The van der Waals surface area contributed by atoms with Crippen LogP contribution in [0.5, 0.6) is 0 Å². The average Bonchev–Trinajstić information content (AvgIpc) is 2.27. The molecule has 0 bridgehead atoms. The highest BCUT2D eigenvalue weighted by molar-refractivity contribution is 5.50. The maximum Gasteiger partial charge on any atom is 0.420 e. The first kappa shape index (κ1) is 13.9. The SMILES string of the molecule is Cc1c(F)c(CC#N)c(F)c(C(F)(F)F)c1C#N. The van der Waals surface area contributed by atoms with Crippen molar-refractivity contribution in [2.24, 2.45) is 0 Å². The van der Waals surface area contributed by atoms with Crippen molar-refractivity contribution in [3.8, 4) is 12.1 Å². The summed E-state index contributed by atoms with van der Waals surface area (Å²) in [6.07, 6.45) is -5.97. The lowest BCUT2D eigenvalue weighted by atomic mass is 9.95. The predicted octanol–water partition coefficient (Wildman–Crippen LogP) is 3.23. The summed E-state index contributed by atoms with van der Waals surface area (Å²) in [7, 11) is 0. The molecule has 0 atom stereocenters. The second kappa shape index (κ2) is 4.61. The first-order valence-electron chi connectivity index (χ1n) is 4.60. The van der Waals surface area contributed by atoms with E-state index in [1.807, 2.05) is 0 Å². The van der Waals surface area contributed by atoms with Gasteiger partial charge in [-0.15, -0.1) is 0 Å².